The lowest BCUT2D eigenvalue weighted by Gasteiger charge is -2.05. The molecule has 17 heavy (non-hydrogen) atoms. The molecule has 0 aliphatic carbocycles. The van der Waals surface area contributed by atoms with Crippen LogP contribution in [-0.2, 0) is 28.7 Å². The van der Waals surface area contributed by atoms with E-state index < -0.39 is 42.5 Å². The molecule has 0 aliphatic rings. The second-order valence-electron chi connectivity index (χ2n) is 3.05. The smallest absolute Gasteiger partial charge is 0.348 e. The second-order valence-corrected chi connectivity index (χ2v) is 3.05. The van der Waals surface area contributed by atoms with E-state index in [0.717, 1.165) is 7.11 Å². The van der Waals surface area contributed by atoms with Gasteiger partial charge in [0.1, 0.15) is 6.42 Å². The zero-order chi connectivity index (χ0) is 13.4. The molecule has 0 aromatic carbocycles. The fourth-order valence-corrected chi connectivity index (χ4v) is 0.926. The summed E-state index contributed by atoms with van der Waals surface area (Å²) in [5.41, 5.74) is 0. The van der Waals surface area contributed by atoms with Gasteiger partial charge >= 0.3 is 11.9 Å². The molecule has 0 aromatic rings. The van der Waals surface area contributed by atoms with E-state index in [9.17, 15) is 23.6 Å². The van der Waals surface area contributed by atoms with Crippen LogP contribution in [0.4, 0.5) is 4.39 Å². The summed E-state index contributed by atoms with van der Waals surface area (Å²) in [6, 6.07) is 0. The van der Waals surface area contributed by atoms with Gasteiger partial charge in [-0.3, -0.25) is 14.4 Å². The molecule has 1 unspecified atom stereocenters. The highest BCUT2D eigenvalue weighted by Gasteiger charge is 2.29. The Balaban J connectivity index is 4.20. The van der Waals surface area contributed by atoms with Crippen molar-refractivity contribution in [3.8, 4) is 0 Å². The van der Waals surface area contributed by atoms with E-state index in [1.165, 1.54) is 6.92 Å². The summed E-state index contributed by atoms with van der Waals surface area (Å²) in [6.45, 7) is 1.39. The molecular formula is C10H13FO6. The number of hydrogen-bond donors (Lipinski definition) is 0. The Morgan fingerprint density at radius 1 is 1.18 bits per heavy atom. The number of rotatable bonds is 7. The van der Waals surface area contributed by atoms with Crippen LogP contribution < -0.4 is 0 Å². The van der Waals surface area contributed by atoms with E-state index in [-0.39, 0.29) is 6.61 Å². The van der Waals surface area contributed by atoms with Crippen molar-refractivity contribution in [3.63, 3.8) is 0 Å². The monoisotopic (exact) mass is 248 g/mol. The van der Waals surface area contributed by atoms with Gasteiger partial charge in [-0.05, 0) is 6.92 Å². The number of carbonyl (C=O) groups is 4. The number of halogens is 1. The lowest BCUT2D eigenvalue weighted by atomic mass is 10.1. The van der Waals surface area contributed by atoms with Crippen LogP contribution in [0, 0.1) is 0 Å². The molecule has 0 spiro atoms. The summed E-state index contributed by atoms with van der Waals surface area (Å²) in [6.07, 6.45) is -3.95. The maximum absolute atomic E-state index is 13.1. The van der Waals surface area contributed by atoms with Crippen molar-refractivity contribution in [1.82, 2.24) is 0 Å². The van der Waals surface area contributed by atoms with Crippen molar-refractivity contribution in [3.05, 3.63) is 0 Å². The van der Waals surface area contributed by atoms with Crippen LogP contribution in [0.5, 0.6) is 0 Å². The minimum absolute atomic E-state index is 0.0668. The average Bonchev–Trinajstić information content (AvgIpc) is 2.27. The standard InChI is InChI=1S/C10H13FO6/c1-3-17-10(15)9(11)7(13)4-6(12)5-8(14)16-2/h9H,3-5H2,1-2H3. The van der Waals surface area contributed by atoms with E-state index in [1.54, 1.807) is 0 Å². The van der Waals surface area contributed by atoms with E-state index in [0.29, 0.717) is 0 Å². The van der Waals surface area contributed by atoms with Gasteiger partial charge in [0.2, 0.25) is 0 Å². The Kier molecular flexibility index (Phi) is 6.69. The summed E-state index contributed by atoms with van der Waals surface area (Å²) in [5, 5.41) is 0. The van der Waals surface area contributed by atoms with Crippen LogP contribution >= 0.6 is 0 Å². The van der Waals surface area contributed by atoms with E-state index in [4.69, 9.17) is 0 Å². The number of methoxy groups -OCH3 is 1. The molecule has 7 heteroatoms. The largest absolute Gasteiger partial charge is 0.469 e. The van der Waals surface area contributed by atoms with E-state index in [2.05, 4.69) is 9.47 Å². The van der Waals surface area contributed by atoms with Gasteiger partial charge in [0.05, 0.1) is 20.1 Å². The zero-order valence-corrected chi connectivity index (χ0v) is 9.53. The molecule has 0 fully saturated rings. The van der Waals surface area contributed by atoms with Crippen molar-refractivity contribution in [2.75, 3.05) is 13.7 Å². The number of ketones is 2. The predicted molar refractivity (Wildman–Crippen MR) is 52.8 cm³/mol. The lowest BCUT2D eigenvalue weighted by Crippen LogP contribution is -2.29. The maximum Gasteiger partial charge on any atom is 0.348 e. The topological polar surface area (TPSA) is 86.7 Å². The Labute approximate surface area is 97.1 Å². The molecule has 0 amide bonds. The molecule has 6 nitrogen and oxygen atoms in total. The van der Waals surface area contributed by atoms with Gasteiger partial charge in [-0.25, -0.2) is 9.18 Å². The molecule has 96 valence electrons. The van der Waals surface area contributed by atoms with Crippen LogP contribution in [0.2, 0.25) is 0 Å². The second kappa shape index (κ2) is 7.48. The molecule has 0 N–H and O–H groups in total. The molecule has 0 radical (unpaired) electrons. The first kappa shape index (κ1) is 15.2. The molecule has 0 saturated heterocycles. The minimum Gasteiger partial charge on any atom is -0.469 e. The third-order valence-corrected chi connectivity index (χ3v) is 1.72. The number of esters is 2. The first-order valence-electron chi connectivity index (χ1n) is 4.84. The minimum atomic E-state index is -2.49. The van der Waals surface area contributed by atoms with Crippen LogP contribution in [0.25, 0.3) is 0 Å². The first-order chi connectivity index (χ1) is 7.92. The van der Waals surface area contributed by atoms with Crippen molar-refractivity contribution in [2.45, 2.75) is 25.9 Å². The van der Waals surface area contributed by atoms with Crippen molar-refractivity contribution < 1.29 is 33.0 Å². The summed E-state index contributed by atoms with van der Waals surface area (Å²) >= 11 is 0. The predicted octanol–water partition coefficient (Wildman–Crippen LogP) is -0.0210. The van der Waals surface area contributed by atoms with Gasteiger partial charge in [0, 0.05) is 0 Å². The fourth-order valence-electron chi connectivity index (χ4n) is 0.926. The van der Waals surface area contributed by atoms with E-state index >= 15 is 0 Å². The highest BCUT2D eigenvalue weighted by atomic mass is 19.1. The summed E-state index contributed by atoms with van der Waals surface area (Å²) < 4.78 is 21.5. The van der Waals surface area contributed by atoms with Gasteiger partial charge < -0.3 is 9.47 Å². The van der Waals surface area contributed by atoms with Crippen LogP contribution in [0.1, 0.15) is 19.8 Å². The highest BCUT2D eigenvalue weighted by molar-refractivity contribution is 6.12. The molecule has 0 aliphatic heterocycles. The number of alkyl halides is 1. The molecule has 0 saturated carbocycles. The summed E-state index contributed by atoms with van der Waals surface area (Å²) in [5.74, 6) is -4.19. The quantitative estimate of drug-likeness (QED) is 0.465. The van der Waals surface area contributed by atoms with E-state index in [1.807, 2.05) is 0 Å². The van der Waals surface area contributed by atoms with Crippen LogP contribution in [0.3, 0.4) is 0 Å². The molecule has 0 aromatic heterocycles. The molecule has 0 rings (SSSR count). The number of carbonyl (C=O) groups excluding carboxylic acids is 4. The highest BCUT2D eigenvalue weighted by Crippen LogP contribution is 2.03. The lowest BCUT2D eigenvalue weighted by molar-refractivity contribution is -0.152. The first-order valence-corrected chi connectivity index (χ1v) is 4.84. The van der Waals surface area contributed by atoms with Gasteiger partial charge in [-0.1, -0.05) is 0 Å². The third-order valence-electron chi connectivity index (χ3n) is 1.72. The molecular weight excluding hydrogens is 235 g/mol. The van der Waals surface area contributed by atoms with Gasteiger partial charge in [0.25, 0.3) is 6.17 Å². The normalized spacial score (nSPS) is 11.5. The third kappa shape index (κ3) is 5.74. The van der Waals surface area contributed by atoms with Gasteiger partial charge in [-0.15, -0.1) is 0 Å². The number of ether oxygens (including phenoxy) is 2. The Hall–Kier alpha value is -1.79. The summed E-state index contributed by atoms with van der Waals surface area (Å²) in [4.78, 5) is 43.7. The fraction of sp³-hybridized carbons (Fsp3) is 0.600. The van der Waals surface area contributed by atoms with Gasteiger partial charge in [-0.2, -0.15) is 0 Å². The molecule has 0 heterocycles. The molecule has 0 bridgehead atoms. The van der Waals surface area contributed by atoms with Crippen molar-refractivity contribution >= 4 is 23.5 Å². The number of hydrogen-bond acceptors (Lipinski definition) is 6. The zero-order valence-electron chi connectivity index (χ0n) is 9.53. The Morgan fingerprint density at radius 3 is 2.24 bits per heavy atom. The van der Waals surface area contributed by atoms with Crippen molar-refractivity contribution in [1.29, 1.82) is 0 Å². The molecule has 1 atom stereocenters. The Morgan fingerprint density at radius 2 is 1.76 bits per heavy atom. The van der Waals surface area contributed by atoms with Gasteiger partial charge in [0.15, 0.2) is 11.6 Å². The van der Waals surface area contributed by atoms with Crippen molar-refractivity contribution in [2.24, 2.45) is 0 Å². The number of Topliss-reactive ketones (excluding diaryl/α,β-unsaturated/α-hetero) is 2. The van der Waals surface area contributed by atoms with Crippen LogP contribution in [-0.4, -0.2) is 43.4 Å². The maximum atomic E-state index is 13.1. The summed E-state index contributed by atoms with van der Waals surface area (Å²) in [7, 11) is 1.08. The van der Waals surface area contributed by atoms with Crippen LogP contribution in [0.15, 0.2) is 0 Å². The SMILES string of the molecule is CCOC(=O)C(F)C(=O)CC(=O)CC(=O)OC. The average molecular weight is 248 g/mol. The Bertz CT molecular complexity index is 325.